The van der Waals surface area contributed by atoms with Gasteiger partial charge in [0.2, 0.25) is 5.91 Å². The number of hydrogen-bond donors (Lipinski definition) is 2. The summed E-state index contributed by atoms with van der Waals surface area (Å²) in [4.78, 5) is 26.9. The summed E-state index contributed by atoms with van der Waals surface area (Å²) >= 11 is 6.11. The normalized spacial score (nSPS) is 13.3. The number of aryl methyl sites for hydroxylation is 1. The lowest BCUT2D eigenvalue weighted by Gasteiger charge is -2.17. The van der Waals surface area contributed by atoms with Gasteiger partial charge in [-0.3, -0.25) is 9.59 Å². The first-order chi connectivity index (χ1) is 11.4. The number of carbonyl (C=O) groups is 2. The molecule has 2 atom stereocenters. The average molecular weight is 351 g/mol. The Morgan fingerprint density at radius 1 is 1.33 bits per heavy atom. The lowest BCUT2D eigenvalue weighted by Crippen LogP contribution is -2.40. The highest BCUT2D eigenvalue weighted by atomic mass is 35.5. The van der Waals surface area contributed by atoms with E-state index >= 15 is 0 Å². The van der Waals surface area contributed by atoms with Gasteiger partial charge in [0, 0.05) is 24.4 Å². The molecule has 1 heterocycles. The molecule has 128 valence electrons. The van der Waals surface area contributed by atoms with Gasteiger partial charge in [0.25, 0.3) is 0 Å². The Morgan fingerprint density at radius 2 is 2.04 bits per heavy atom. The standard InChI is InChI=1S/C17H19ClN2O4/c1-10(17(22)23)11(2)20-15(21)7-8-16-19-9-14(24-16)12-5-3-4-6-13(12)18/h3-6,9-11H,7-8H2,1-2H3,(H,20,21)(H,22,23). The van der Waals surface area contributed by atoms with E-state index in [-0.39, 0.29) is 12.3 Å². The van der Waals surface area contributed by atoms with Crippen LogP contribution in [0.2, 0.25) is 5.02 Å². The predicted octanol–water partition coefficient (Wildman–Crippen LogP) is 3.15. The maximum absolute atomic E-state index is 11.9. The number of amides is 1. The minimum atomic E-state index is -0.945. The highest BCUT2D eigenvalue weighted by Gasteiger charge is 2.21. The number of aliphatic carboxylic acids is 1. The topological polar surface area (TPSA) is 92.4 Å². The molecule has 2 unspecified atom stereocenters. The molecule has 24 heavy (non-hydrogen) atoms. The van der Waals surface area contributed by atoms with Crippen molar-refractivity contribution in [3.8, 4) is 11.3 Å². The van der Waals surface area contributed by atoms with Crippen molar-refractivity contribution in [3.63, 3.8) is 0 Å². The summed E-state index contributed by atoms with van der Waals surface area (Å²) in [5, 5.41) is 12.2. The number of carboxylic acids is 1. The van der Waals surface area contributed by atoms with Gasteiger partial charge in [0.05, 0.1) is 17.1 Å². The van der Waals surface area contributed by atoms with Gasteiger partial charge in [-0.05, 0) is 26.0 Å². The quantitative estimate of drug-likeness (QED) is 0.800. The van der Waals surface area contributed by atoms with Gasteiger partial charge < -0.3 is 14.8 Å². The first-order valence-electron chi connectivity index (χ1n) is 7.60. The number of carboxylic acid groups (broad SMARTS) is 1. The number of nitrogens with zero attached hydrogens (tertiary/aromatic N) is 1. The summed E-state index contributed by atoms with van der Waals surface area (Å²) in [5.74, 6) is -0.863. The molecule has 0 aliphatic carbocycles. The molecular formula is C17H19ClN2O4. The molecule has 1 aromatic heterocycles. The second-order valence-electron chi connectivity index (χ2n) is 5.58. The van der Waals surface area contributed by atoms with E-state index in [4.69, 9.17) is 21.1 Å². The second-order valence-corrected chi connectivity index (χ2v) is 5.99. The van der Waals surface area contributed by atoms with Gasteiger partial charge in [-0.15, -0.1) is 0 Å². The van der Waals surface area contributed by atoms with E-state index in [9.17, 15) is 9.59 Å². The minimum absolute atomic E-state index is 0.166. The monoisotopic (exact) mass is 350 g/mol. The first kappa shape index (κ1) is 18.0. The maximum Gasteiger partial charge on any atom is 0.308 e. The Kier molecular flexibility index (Phi) is 5.98. The molecule has 1 amide bonds. The number of nitrogens with one attached hydrogen (secondary N) is 1. The van der Waals surface area contributed by atoms with Crippen molar-refractivity contribution >= 4 is 23.5 Å². The van der Waals surface area contributed by atoms with Crippen LogP contribution in [0.3, 0.4) is 0 Å². The highest BCUT2D eigenvalue weighted by molar-refractivity contribution is 6.33. The van der Waals surface area contributed by atoms with E-state index in [1.54, 1.807) is 26.1 Å². The summed E-state index contributed by atoms with van der Waals surface area (Å²) in [6.45, 7) is 3.22. The van der Waals surface area contributed by atoms with Gasteiger partial charge in [0.1, 0.15) is 0 Å². The lowest BCUT2D eigenvalue weighted by molar-refractivity contribution is -0.142. The molecule has 0 aliphatic heterocycles. The number of benzene rings is 1. The number of oxazole rings is 1. The maximum atomic E-state index is 11.9. The van der Waals surface area contributed by atoms with Crippen LogP contribution in [-0.2, 0) is 16.0 Å². The van der Waals surface area contributed by atoms with Crippen molar-refractivity contribution in [2.45, 2.75) is 32.7 Å². The van der Waals surface area contributed by atoms with Gasteiger partial charge in [-0.25, -0.2) is 4.98 Å². The van der Waals surface area contributed by atoms with E-state index in [0.717, 1.165) is 5.56 Å². The molecule has 0 radical (unpaired) electrons. The molecule has 7 heteroatoms. The van der Waals surface area contributed by atoms with Crippen molar-refractivity contribution in [2.75, 3.05) is 0 Å². The van der Waals surface area contributed by atoms with Crippen LogP contribution in [0.4, 0.5) is 0 Å². The van der Waals surface area contributed by atoms with Crippen LogP contribution < -0.4 is 5.32 Å². The molecule has 0 fully saturated rings. The zero-order chi connectivity index (χ0) is 17.7. The molecule has 2 N–H and O–H groups in total. The molecule has 2 aromatic rings. The molecule has 0 spiro atoms. The predicted molar refractivity (Wildman–Crippen MR) is 89.7 cm³/mol. The number of aromatic nitrogens is 1. The van der Waals surface area contributed by atoms with E-state index in [1.807, 2.05) is 18.2 Å². The van der Waals surface area contributed by atoms with Crippen LogP contribution in [-0.4, -0.2) is 28.0 Å². The summed E-state index contributed by atoms with van der Waals surface area (Å²) in [5.41, 5.74) is 0.742. The Balaban J connectivity index is 1.90. The molecule has 2 rings (SSSR count). The van der Waals surface area contributed by atoms with E-state index in [1.165, 1.54) is 0 Å². The minimum Gasteiger partial charge on any atom is -0.481 e. The fourth-order valence-corrected chi connectivity index (χ4v) is 2.33. The Bertz CT molecular complexity index is 729. The van der Waals surface area contributed by atoms with Crippen molar-refractivity contribution in [3.05, 3.63) is 41.4 Å². The van der Waals surface area contributed by atoms with Gasteiger partial charge in [-0.1, -0.05) is 23.7 Å². The number of carbonyl (C=O) groups excluding carboxylic acids is 1. The third-order valence-corrected chi connectivity index (χ3v) is 4.12. The summed E-state index contributed by atoms with van der Waals surface area (Å²) in [6, 6.07) is 6.82. The van der Waals surface area contributed by atoms with Crippen LogP contribution in [0.25, 0.3) is 11.3 Å². The third-order valence-electron chi connectivity index (χ3n) is 3.79. The van der Waals surface area contributed by atoms with E-state index in [0.29, 0.717) is 23.1 Å². The Morgan fingerprint density at radius 3 is 2.71 bits per heavy atom. The smallest absolute Gasteiger partial charge is 0.308 e. The summed E-state index contributed by atoms with van der Waals surface area (Å²) < 4.78 is 5.62. The zero-order valence-corrected chi connectivity index (χ0v) is 14.2. The molecule has 1 aromatic carbocycles. The Labute approximate surface area is 144 Å². The second kappa shape index (κ2) is 7.97. The molecular weight excluding hydrogens is 332 g/mol. The number of hydrogen-bond acceptors (Lipinski definition) is 4. The molecule has 6 nitrogen and oxygen atoms in total. The largest absolute Gasteiger partial charge is 0.481 e. The summed E-state index contributed by atoms with van der Waals surface area (Å²) in [6.07, 6.45) is 2.06. The van der Waals surface area contributed by atoms with Crippen LogP contribution in [0.15, 0.2) is 34.9 Å². The van der Waals surface area contributed by atoms with Gasteiger partial charge >= 0.3 is 5.97 Å². The third kappa shape index (κ3) is 4.58. The van der Waals surface area contributed by atoms with Crippen LogP contribution in [0.1, 0.15) is 26.2 Å². The highest BCUT2D eigenvalue weighted by Crippen LogP contribution is 2.28. The SMILES string of the molecule is CC(NC(=O)CCc1ncc(-c2ccccc2Cl)o1)C(C)C(=O)O. The lowest BCUT2D eigenvalue weighted by atomic mass is 10.0. The van der Waals surface area contributed by atoms with Crippen molar-refractivity contribution in [1.82, 2.24) is 10.3 Å². The van der Waals surface area contributed by atoms with Gasteiger partial charge in [-0.2, -0.15) is 0 Å². The zero-order valence-electron chi connectivity index (χ0n) is 13.5. The van der Waals surface area contributed by atoms with Crippen molar-refractivity contribution in [2.24, 2.45) is 5.92 Å². The van der Waals surface area contributed by atoms with Crippen LogP contribution in [0, 0.1) is 5.92 Å². The average Bonchev–Trinajstić information content (AvgIpc) is 3.01. The number of halogens is 1. The summed E-state index contributed by atoms with van der Waals surface area (Å²) in [7, 11) is 0. The molecule has 0 bridgehead atoms. The van der Waals surface area contributed by atoms with Crippen molar-refractivity contribution in [1.29, 1.82) is 0 Å². The van der Waals surface area contributed by atoms with Crippen LogP contribution in [0.5, 0.6) is 0 Å². The first-order valence-corrected chi connectivity index (χ1v) is 7.98. The molecule has 0 aliphatic rings. The van der Waals surface area contributed by atoms with Gasteiger partial charge in [0.15, 0.2) is 11.7 Å². The molecule has 0 saturated carbocycles. The number of rotatable bonds is 7. The fraction of sp³-hybridized carbons (Fsp3) is 0.353. The van der Waals surface area contributed by atoms with E-state index < -0.39 is 17.9 Å². The fourth-order valence-electron chi connectivity index (χ4n) is 2.10. The van der Waals surface area contributed by atoms with Crippen LogP contribution >= 0.6 is 11.6 Å². The molecule has 0 saturated heterocycles. The Hall–Kier alpha value is -2.34. The van der Waals surface area contributed by atoms with Crippen molar-refractivity contribution < 1.29 is 19.1 Å². The van der Waals surface area contributed by atoms with E-state index in [2.05, 4.69) is 10.3 Å².